The van der Waals surface area contributed by atoms with Gasteiger partial charge in [0.1, 0.15) is 6.54 Å². The predicted molar refractivity (Wildman–Crippen MR) is 131 cm³/mol. The van der Waals surface area contributed by atoms with Gasteiger partial charge in [0.15, 0.2) is 11.5 Å². The van der Waals surface area contributed by atoms with Crippen LogP contribution in [-0.4, -0.2) is 53.4 Å². The molecule has 8 nitrogen and oxygen atoms in total. The van der Waals surface area contributed by atoms with Crippen LogP contribution in [0.4, 0.5) is 0 Å². The fourth-order valence-corrected chi connectivity index (χ4v) is 4.71. The first-order valence-electron chi connectivity index (χ1n) is 12.1. The lowest BCUT2D eigenvalue weighted by Crippen LogP contribution is -2.34. The summed E-state index contributed by atoms with van der Waals surface area (Å²) in [5.74, 6) is 0.198. The zero-order chi connectivity index (χ0) is 24.4. The van der Waals surface area contributed by atoms with E-state index in [-0.39, 0.29) is 18.5 Å². The van der Waals surface area contributed by atoms with Gasteiger partial charge in [-0.3, -0.25) is 14.4 Å². The molecule has 2 aliphatic rings. The third-order valence-electron chi connectivity index (χ3n) is 6.58. The average Bonchev–Trinajstić information content (AvgIpc) is 3.46. The normalized spacial score (nSPS) is 16.1. The summed E-state index contributed by atoms with van der Waals surface area (Å²) in [6, 6.07) is 12.8. The van der Waals surface area contributed by atoms with E-state index >= 15 is 0 Å². The van der Waals surface area contributed by atoms with Crippen LogP contribution in [0.1, 0.15) is 48.1 Å². The molecule has 0 bridgehead atoms. The second kappa shape index (κ2) is 9.82. The average molecular weight is 476 g/mol. The molecule has 0 aliphatic carbocycles. The molecule has 0 saturated carbocycles. The van der Waals surface area contributed by atoms with Crippen molar-refractivity contribution >= 4 is 28.5 Å². The molecule has 8 heteroatoms. The molecule has 1 N–H and O–H groups in total. The van der Waals surface area contributed by atoms with E-state index in [9.17, 15) is 14.4 Å². The Morgan fingerprint density at radius 3 is 2.51 bits per heavy atom. The molecule has 182 valence electrons. The van der Waals surface area contributed by atoms with Crippen molar-refractivity contribution in [1.29, 1.82) is 0 Å². The predicted octanol–water partition coefficient (Wildman–Crippen LogP) is 3.49. The second-order valence-corrected chi connectivity index (χ2v) is 9.06. The van der Waals surface area contributed by atoms with Gasteiger partial charge in [-0.15, -0.1) is 0 Å². The molecule has 3 aromatic rings. The Balaban J connectivity index is 1.32. The summed E-state index contributed by atoms with van der Waals surface area (Å²) in [5, 5.41) is 3.70. The van der Waals surface area contributed by atoms with Gasteiger partial charge in [-0.1, -0.05) is 24.3 Å². The minimum atomic E-state index is -0.525. The van der Waals surface area contributed by atoms with E-state index in [2.05, 4.69) is 5.32 Å². The Bertz CT molecular complexity index is 1280. The number of benzene rings is 2. The highest BCUT2D eigenvalue weighted by atomic mass is 16.5. The number of fused-ring (bicyclic) bond motifs is 2. The molecule has 2 amide bonds. The first-order chi connectivity index (χ1) is 17.0. The number of Topliss-reactive ketones (excluding diaryl/α,β-unsaturated/α-hetero) is 1. The van der Waals surface area contributed by atoms with Crippen molar-refractivity contribution in [1.82, 2.24) is 14.8 Å². The van der Waals surface area contributed by atoms with Crippen molar-refractivity contribution in [3.05, 3.63) is 59.8 Å². The van der Waals surface area contributed by atoms with E-state index in [1.165, 1.54) is 0 Å². The highest BCUT2D eigenvalue weighted by Crippen LogP contribution is 2.32. The van der Waals surface area contributed by atoms with Gasteiger partial charge >= 0.3 is 0 Å². The molecule has 1 aromatic heterocycles. The third kappa shape index (κ3) is 4.73. The molecule has 5 rings (SSSR count). The minimum Gasteiger partial charge on any atom is -0.490 e. The van der Waals surface area contributed by atoms with Crippen LogP contribution in [0.5, 0.6) is 11.5 Å². The molecule has 3 heterocycles. The van der Waals surface area contributed by atoms with E-state index in [1.54, 1.807) is 15.7 Å². The first kappa shape index (κ1) is 23.0. The maximum absolute atomic E-state index is 13.0. The standard InChI is InChI=1S/C27H29N3O5/c1-18(19-9-10-23-24(15-19)35-14-6-13-34-23)28-25(31)17-30-16-21(20-7-2-3-8-22(20)30)26(32)27(33)29-11-4-5-12-29/h2-3,7-10,15-16,18H,4-6,11-14,17H2,1H3,(H,28,31)/t18-/m0/s1. The number of para-hydroxylation sites is 1. The number of carbonyl (C=O) groups excluding carboxylic acids is 3. The molecule has 2 aliphatic heterocycles. The molecule has 2 aromatic carbocycles. The molecule has 0 radical (unpaired) electrons. The van der Waals surface area contributed by atoms with Crippen molar-refractivity contribution in [2.45, 2.75) is 38.8 Å². The van der Waals surface area contributed by atoms with Crippen molar-refractivity contribution in [2.24, 2.45) is 0 Å². The molecule has 1 saturated heterocycles. The Labute approximate surface area is 203 Å². The van der Waals surface area contributed by atoms with Gasteiger partial charge in [-0.2, -0.15) is 0 Å². The molecule has 1 atom stereocenters. The molecule has 0 spiro atoms. The van der Waals surface area contributed by atoms with Gasteiger partial charge in [-0.05, 0) is 43.5 Å². The maximum atomic E-state index is 13.0. The quantitative estimate of drug-likeness (QED) is 0.436. The van der Waals surface area contributed by atoms with E-state index in [0.29, 0.717) is 48.8 Å². The molecule has 35 heavy (non-hydrogen) atoms. The van der Waals surface area contributed by atoms with Crippen molar-refractivity contribution in [3.8, 4) is 11.5 Å². The second-order valence-electron chi connectivity index (χ2n) is 9.06. The van der Waals surface area contributed by atoms with Crippen LogP contribution in [0.2, 0.25) is 0 Å². The van der Waals surface area contributed by atoms with Crippen LogP contribution in [0.3, 0.4) is 0 Å². The van der Waals surface area contributed by atoms with Gasteiger partial charge in [0.2, 0.25) is 5.91 Å². The van der Waals surface area contributed by atoms with E-state index in [1.807, 2.05) is 49.4 Å². The minimum absolute atomic E-state index is 0.0284. The van der Waals surface area contributed by atoms with Gasteiger partial charge in [-0.25, -0.2) is 0 Å². The van der Waals surface area contributed by atoms with Gasteiger partial charge in [0.25, 0.3) is 11.7 Å². The number of aromatic nitrogens is 1. The number of carbonyl (C=O) groups is 3. The summed E-state index contributed by atoms with van der Waals surface area (Å²) in [6.45, 7) is 4.39. The topological polar surface area (TPSA) is 89.9 Å². The maximum Gasteiger partial charge on any atom is 0.295 e. The summed E-state index contributed by atoms with van der Waals surface area (Å²) in [4.78, 5) is 40.3. The number of nitrogens with zero attached hydrogens (tertiary/aromatic N) is 2. The van der Waals surface area contributed by atoms with Crippen molar-refractivity contribution in [3.63, 3.8) is 0 Å². The Hall–Kier alpha value is -3.81. The first-order valence-corrected chi connectivity index (χ1v) is 12.1. The number of ketones is 1. The smallest absolute Gasteiger partial charge is 0.295 e. The number of ether oxygens (including phenoxy) is 2. The van der Waals surface area contributed by atoms with E-state index in [0.717, 1.165) is 30.3 Å². The van der Waals surface area contributed by atoms with Gasteiger partial charge in [0, 0.05) is 36.6 Å². The summed E-state index contributed by atoms with van der Waals surface area (Å²) < 4.78 is 13.2. The number of likely N-dealkylation sites (tertiary alicyclic amines) is 1. The number of amides is 2. The number of hydrogen-bond donors (Lipinski definition) is 1. The van der Waals surface area contributed by atoms with Crippen LogP contribution in [0.15, 0.2) is 48.7 Å². The highest BCUT2D eigenvalue weighted by molar-refractivity contribution is 6.44. The number of hydrogen-bond acceptors (Lipinski definition) is 5. The van der Waals surface area contributed by atoms with Crippen molar-refractivity contribution in [2.75, 3.05) is 26.3 Å². The van der Waals surface area contributed by atoms with Gasteiger partial charge in [0.05, 0.1) is 24.8 Å². The van der Waals surface area contributed by atoms with Crippen molar-refractivity contribution < 1.29 is 23.9 Å². The van der Waals surface area contributed by atoms with Crippen LogP contribution in [0.25, 0.3) is 10.9 Å². The molecule has 1 fully saturated rings. The largest absolute Gasteiger partial charge is 0.490 e. The van der Waals surface area contributed by atoms with E-state index in [4.69, 9.17) is 9.47 Å². The number of nitrogens with one attached hydrogen (secondary N) is 1. The molecule has 0 unspecified atom stereocenters. The zero-order valence-corrected chi connectivity index (χ0v) is 19.8. The molecular weight excluding hydrogens is 446 g/mol. The highest BCUT2D eigenvalue weighted by Gasteiger charge is 2.28. The third-order valence-corrected chi connectivity index (χ3v) is 6.58. The Morgan fingerprint density at radius 2 is 1.71 bits per heavy atom. The van der Waals surface area contributed by atoms with Gasteiger partial charge < -0.3 is 24.3 Å². The number of rotatable bonds is 6. The summed E-state index contributed by atoms with van der Waals surface area (Å²) in [6.07, 6.45) is 4.29. The fraction of sp³-hybridized carbons (Fsp3) is 0.370. The van der Waals surface area contributed by atoms with Crippen LogP contribution in [0, 0.1) is 0 Å². The van der Waals surface area contributed by atoms with Crippen LogP contribution >= 0.6 is 0 Å². The summed E-state index contributed by atoms with van der Waals surface area (Å²) in [5.41, 5.74) is 1.98. The molecular formula is C27H29N3O5. The summed E-state index contributed by atoms with van der Waals surface area (Å²) >= 11 is 0. The van der Waals surface area contributed by atoms with Crippen LogP contribution in [-0.2, 0) is 16.1 Å². The lowest BCUT2D eigenvalue weighted by Gasteiger charge is -2.17. The lowest BCUT2D eigenvalue weighted by atomic mass is 10.1. The lowest BCUT2D eigenvalue weighted by molar-refractivity contribution is -0.125. The van der Waals surface area contributed by atoms with E-state index < -0.39 is 11.7 Å². The Morgan fingerprint density at radius 1 is 0.971 bits per heavy atom. The summed E-state index contributed by atoms with van der Waals surface area (Å²) in [7, 11) is 0. The SMILES string of the molecule is C[C@H](NC(=O)Cn1cc(C(=O)C(=O)N2CCCC2)c2ccccc21)c1ccc2c(c1)OCCCO2. The monoisotopic (exact) mass is 475 g/mol. The Kier molecular flexibility index (Phi) is 6.44. The fourth-order valence-electron chi connectivity index (χ4n) is 4.71. The van der Waals surface area contributed by atoms with Crippen LogP contribution < -0.4 is 14.8 Å². The zero-order valence-electron chi connectivity index (χ0n) is 19.8.